The van der Waals surface area contributed by atoms with Crippen molar-refractivity contribution in [2.24, 2.45) is 0 Å². The number of aromatic nitrogens is 6. The topological polar surface area (TPSA) is 159 Å². The van der Waals surface area contributed by atoms with Gasteiger partial charge in [0.05, 0.1) is 54.5 Å². The van der Waals surface area contributed by atoms with Crippen LogP contribution in [-0.4, -0.2) is 91.4 Å². The number of nitriles is 1. The number of halogens is 2. The van der Waals surface area contributed by atoms with Crippen molar-refractivity contribution < 1.29 is 23.1 Å². The highest BCUT2D eigenvalue weighted by molar-refractivity contribution is 6.01. The third-order valence-electron chi connectivity index (χ3n) is 10.6. The van der Waals surface area contributed by atoms with Crippen LogP contribution in [-0.2, 0) is 9.59 Å². The van der Waals surface area contributed by atoms with Crippen molar-refractivity contribution in [2.75, 3.05) is 43.5 Å². The van der Waals surface area contributed by atoms with Crippen molar-refractivity contribution in [3.8, 4) is 34.3 Å². The van der Waals surface area contributed by atoms with Crippen LogP contribution in [0.15, 0.2) is 55.2 Å². The van der Waals surface area contributed by atoms with Gasteiger partial charge in [0.15, 0.2) is 0 Å². The van der Waals surface area contributed by atoms with E-state index >= 15 is 4.39 Å². The van der Waals surface area contributed by atoms with Crippen LogP contribution in [0.25, 0.3) is 28.0 Å². The molecule has 0 bridgehead atoms. The minimum Gasteiger partial charge on any atom is -0.495 e. The first-order valence-electron chi connectivity index (χ1n) is 17.7. The number of benzene rings is 1. The van der Waals surface area contributed by atoms with E-state index in [1.165, 1.54) is 31.6 Å². The van der Waals surface area contributed by atoms with Gasteiger partial charge in [-0.15, -0.1) is 0 Å². The number of carbonyl (C=O) groups is 2. The highest BCUT2D eigenvalue weighted by Crippen LogP contribution is 2.36. The molecule has 6 heterocycles. The van der Waals surface area contributed by atoms with Crippen molar-refractivity contribution in [1.82, 2.24) is 39.6 Å². The summed E-state index contributed by atoms with van der Waals surface area (Å²) in [6, 6.07) is 8.06. The van der Waals surface area contributed by atoms with Gasteiger partial charge in [-0.25, -0.2) is 18.9 Å². The number of methoxy groups -OCH3 is 1. The van der Waals surface area contributed by atoms with E-state index < -0.39 is 23.7 Å². The Bertz CT molecular complexity index is 2220. The Hall–Kier alpha value is -5.95. The first kappa shape index (κ1) is 34.2. The number of hydrogen-bond acceptors (Lipinski definition) is 11. The van der Waals surface area contributed by atoms with Crippen LogP contribution >= 0.6 is 0 Å². The summed E-state index contributed by atoms with van der Waals surface area (Å²) in [5.41, 5.74) is 4.21. The van der Waals surface area contributed by atoms with Gasteiger partial charge in [-0.05, 0) is 44.2 Å². The molecule has 53 heavy (non-hydrogen) atoms. The van der Waals surface area contributed by atoms with Crippen LogP contribution in [0.5, 0.6) is 5.75 Å². The Morgan fingerprint density at radius 3 is 2.45 bits per heavy atom. The fourth-order valence-corrected chi connectivity index (χ4v) is 7.72. The number of ether oxygens (including phenoxy) is 1. The lowest BCUT2D eigenvalue weighted by atomic mass is 9.90. The van der Waals surface area contributed by atoms with Gasteiger partial charge in [0.25, 0.3) is 0 Å². The highest BCUT2D eigenvalue weighted by Gasteiger charge is 2.32. The van der Waals surface area contributed by atoms with E-state index in [0.717, 1.165) is 44.3 Å². The van der Waals surface area contributed by atoms with Gasteiger partial charge >= 0.3 is 0 Å². The predicted octanol–water partition coefficient (Wildman–Crippen LogP) is 4.34. The standard InChI is InChI=1S/C37H37F2N11O3/c1-53-32-15-31(27(38)14-29(32)44-28-7-9-34(51)46-37(28)52)48-12-10-47(11-13-48)25-3-5-26(6-4-25)49-20-24(19-42-49)30-21-50-36(23(16-40)18-43-50)35(45-30)22-2-8-33(39)41-17-22/h2,8,14-15,17-21,25-26,28,44H,3-7,9-13H2,1H3,(H,46,51,52)/t25-,26-,28?. The molecule has 0 spiro atoms. The van der Waals surface area contributed by atoms with Gasteiger partial charge in [-0.2, -0.15) is 19.8 Å². The number of nitrogens with zero attached hydrogens (tertiary/aromatic N) is 9. The van der Waals surface area contributed by atoms with E-state index in [1.54, 1.807) is 29.0 Å². The van der Waals surface area contributed by atoms with Gasteiger partial charge in [-0.3, -0.25) is 24.5 Å². The Morgan fingerprint density at radius 1 is 0.943 bits per heavy atom. The van der Waals surface area contributed by atoms with E-state index in [2.05, 4.69) is 31.7 Å². The van der Waals surface area contributed by atoms with Gasteiger partial charge in [0, 0.05) is 74.3 Å². The summed E-state index contributed by atoms with van der Waals surface area (Å²) >= 11 is 0. The summed E-state index contributed by atoms with van der Waals surface area (Å²) in [6.07, 6.45) is 12.9. The second kappa shape index (κ2) is 14.2. The predicted molar refractivity (Wildman–Crippen MR) is 190 cm³/mol. The lowest BCUT2D eigenvalue weighted by Gasteiger charge is -2.42. The summed E-state index contributed by atoms with van der Waals surface area (Å²) in [6.45, 7) is 2.95. The van der Waals surface area contributed by atoms with Crippen molar-refractivity contribution in [1.29, 1.82) is 5.26 Å². The number of rotatable bonds is 8. The Kier molecular flexibility index (Phi) is 9.17. The molecule has 3 aliphatic rings. The zero-order valence-electron chi connectivity index (χ0n) is 29.0. The van der Waals surface area contributed by atoms with E-state index in [1.807, 2.05) is 15.8 Å². The molecule has 1 atom stereocenters. The zero-order valence-corrected chi connectivity index (χ0v) is 29.0. The number of hydrogen-bond donors (Lipinski definition) is 2. The minimum absolute atomic E-state index is 0.219. The second-order valence-electron chi connectivity index (χ2n) is 13.7. The normalized spacial score (nSPS) is 21.0. The van der Waals surface area contributed by atoms with E-state index in [-0.39, 0.29) is 18.4 Å². The van der Waals surface area contributed by atoms with Crippen molar-refractivity contribution >= 4 is 28.7 Å². The van der Waals surface area contributed by atoms with Gasteiger partial charge in [-0.1, -0.05) is 0 Å². The quantitative estimate of drug-likeness (QED) is 0.174. The summed E-state index contributed by atoms with van der Waals surface area (Å²) < 4.78 is 38.3. The van der Waals surface area contributed by atoms with E-state index in [4.69, 9.17) is 14.8 Å². The summed E-state index contributed by atoms with van der Waals surface area (Å²) in [5, 5.41) is 24.1. The molecule has 1 aliphatic carbocycles. The monoisotopic (exact) mass is 721 g/mol. The third-order valence-corrected chi connectivity index (χ3v) is 10.6. The molecule has 272 valence electrons. The van der Waals surface area contributed by atoms with Crippen LogP contribution in [0.1, 0.15) is 50.1 Å². The molecule has 16 heteroatoms. The van der Waals surface area contributed by atoms with Crippen LogP contribution in [0.4, 0.5) is 20.2 Å². The van der Waals surface area contributed by atoms with Crippen LogP contribution in [0.3, 0.4) is 0 Å². The third kappa shape index (κ3) is 6.75. The molecular formula is C37H37F2N11O3. The van der Waals surface area contributed by atoms with Crippen molar-refractivity contribution in [2.45, 2.75) is 56.7 Å². The average Bonchev–Trinajstić information content (AvgIpc) is 3.84. The number of pyridine rings is 1. The number of carbonyl (C=O) groups excluding carboxylic acids is 2. The number of amides is 2. The molecule has 2 saturated heterocycles. The smallest absolute Gasteiger partial charge is 0.249 e. The van der Waals surface area contributed by atoms with Gasteiger partial charge < -0.3 is 15.0 Å². The molecule has 14 nitrogen and oxygen atoms in total. The van der Waals surface area contributed by atoms with Gasteiger partial charge in [0.1, 0.15) is 34.8 Å². The number of anilines is 2. The molecular weight excluding hydrogens is 684 g/mol. The van der Waals surface area contributed by atoms with E-state index in [0.29, 0.717) is 70.7 Å². The molecule has 5 aromatic rings. The number of piperazine rings is 1. The highest BCUT2D eigenvalue weighted by atomic mass is 19.1. The SMILES string of the molecule is COc1cc(N2CCN([C@H]3CC[C@H](n4cc(-c5cn6ncc(C#N)c6c(-c6ccc(F)nc6)n5)cn4)CC3)CC2)c(F)cc1NC1CCC(=O)NC1=O. The Morgan fingerprint density at radius 2 is 1.74 bits per heavy atom. The maximum absolute atomic E-state index is 15.5. The Labute approximate surface area is 303 Å². The largest absolute Gasteiger partial charge is 0.495 e. The van der Waals surface area contributed by atoms with Crippen LogP contribution < -0.4 is 20.3 Å². The molecule has 1 unspecified atom stereocenters. The first-order chi connectivity index (χ1) is 25.8. The number of imide groups is 1. The van der Waals surface area contributed by atoms with Crippen LogP contribution in [0.2, 0.25) is 0 Å². The maximum atomic E-state index is 15.5. The molecule has 1 aromatic carbocycles. The summed E-state index contributed by atoms with van der Waals surface area (Å²) in [4.78, 5) is 37.0. The Balaban J connectivity index is 0.894. The van der Waals surface area contributed by atoms with Crippen molar-refractivity contribution in [3.63, 3.8) is 0 Å². The second-order valence-corrected chi connectivity index (χ2v) is 13.7. The zero-order chi connectivity index (χ0) is 36.6. The molecule has 8 rings (SSSR count). The molecule has 2 amide bonds. The lowest BCUT2D eigenvalue weighted by molar-refractivity contribution is -0.133. The number of piperidine rings is 1. The number of nitrogens with one attached hydrogen (secondary N) is 2. The molecule has 4 aromatic heterocycles. The fourth-order valence-electron chi connectivity index (χ4n) is 7.72. The summed E-state index contributed by atoms with van der Waals surface area (Å²) in [5.74, 6) is -1.31. The fraction of sp³-hybridized carbons (Fsp3) is 0.378. The molecule has 2 aliphatic heterocycles. The number of fused-ring (bicyclic) bond motifs is 1. The maximum Gasteiger partial charge on any atom is 0.249 e. The minimum atomic E-state index is -0.643. The molecule has 0 radical (unpaired) electrons. The van der Waals surface area contributed by atoms with E-state index in [9.17, 15) is 19.2 Å². The van der Waals surface area contributed by atoms with Gasteiger partial charge in [0.2, 0.25) is 17.8 Å². The molecule has 1 saturated carbocycles. The first-order valence-corrected chi connectivity index (χ1v) is 17.7. The average molecular weight is 722 g/mol. The lowest BCUT2D eigenvalue weighted by Crippen LogP contribution is -2.51. The molecule has 2 N–H and O–H groups in total. The molecule has 3 fully saturated rings. The van der Waals surface area contributed by atoms with Crippen molar-refractivity contribution in [3.05, 3.63) is 72.6 Å². The van der Waals surface area contributed by atoms with Crippen LogP contribution in [0, 0.1) is 23.1 Å². The summed E-state index contributed by atoms with van der Waals surface area (Å²) in [7, 11) is 1.51.